The lowest BCUT2D eigenvalue weighted by atomic mass is 10.1. The van der Waals surface area contributed by atoms with E-state index < -0.39 is 0 Å². The van der Waals surface area contributed by atoms with Crippen molar-refractivity contribution < 1.29 is 4.39 Å². The highest BCUT2D eigenvalue weighted by Crippen LogP contribution is 2.13. The van der Waals surface area contributed by atoms with Gasteiger partial charge in [0.15, 0.2) is 0 Å². The van der Waals surface area contributed by atoms with Gasteiger partial charge < -0.3 is 5.32 Å². The molecule has 0 fully saturated rings. The molecule has 0 saturated heterocycles. The number of nitrogens with one attached hydrogen (secondary N) is 1. The summed E-state index contributed by atoms with van der Waals surface area (Å²) in [4.78, 5) is 0. The summed E-state index contributed by atoms with van der Waals surface area (Å²) >= 11 is 0. The molecule has 0 aliphatic heterocycles. The van der Waals surface area contributed by atoms with Crippen LogP contribution in [0.1, 0.15) is 11.1 Å². The first kappa shape index (κ1) is 11.6. The third-order valence-corrected chi connectivity index (χ3v) is 2.79. The number of halogens is 1. The standard InChI is InChI=1S/C15H16FN/c1-12-4-2-3-5-15(12)17-11-10-13-6-8-14(16)9-7-13/h2-9,17H,10-11H2,1H3. The molecule has 0 heterocycles. The largest absolute Gasteiger partial charge is 0.384 e. The van der Waals surface area contributed by atoms with Crippen LogP contribution in [0.3, 0.4) is 0 Å². The van der Waals surface area contributed by atoms with E-state index >= 15 is 0 Å². The van der Waals surface area contributed by atoms with Crippen LogP contribution in [-0.4, -0.2) is 6.54 Å². The Balaban J connectivity index is 1.88. The van der Waals surface area contributed by atoms with Gasteiger partial charge in [0.1, 0.15) is 5.82 Å². The van der Waals surface area contributed by atoms with Crippen LogP contribution in [0.4, 0.5) is 10.1 Å². The van der Waals surface area contributed by atoms with E-state index in [-0.39, 0.29) is 5.82 Å². The second kappa shape index (κ2) is 5.48. The van der Waals surface area contributed by atoms with Crippen molar-refractivity contribution >= 4 is 5.69 Å². The topological polar surface area (TPSA) is 12.0 Å². The van der Waals surface area contributed by atoms with E-state index in [0.717, 1.165) is 24.2 Å². The number of hydrogen-bond acceptors (Lipinski definition) is 1. The van der Waals surface area contributed by atoms with Gasteiger partial charge in [-0.15, -0.1) is 0 Å². The fourth-order valence-corrected chi connectivity index (χ4v) is 1.76. The van der Waals surface area contributed by atoms with Gasteiger partial charge in [0.05, 0.1) is 0 Å². The highest BCUT2D eigenvalue weighted by molar-refractivity contribution is 5.50. The molecule has 2 heteroatoms. The molecule has 0 aromatic heterocycles. The number of aryl methyl sites for hydroxylation is 1. The summed E-state index contributed by atoms with van der Waals surface area (Å²) in [5.41, 5.74) is 3.55. The molecule has 1 N–H and O–H groups in total. The minimum Gasteiger partial charge on any atom is -0.384 e. The van der Waals surface area contributed by atoms with Gasteiger partial charge in [-0.1, -0.05) is 30.3 Å². The summed E-state index contributed by atoms with van der Waals surface area (Å²) in [7, 11) is 0. The lowest BCUT2D eigenvalue weighted by Gasteiger charge is -2.09. The molecule has 0 spiro atoms. The number of hydrogen-bond donors (Lipinski definition) is 1. The van der Waals surface area contributed by atoms with Gasteiger partial charge >= 0.3 is 0 Å². The molecule has 2 aromatic rings. The Labute approximate surface area is 101 Å². The van der Waals surface area contributed by atoms with E-state index in [1.807, 2.05) is 24.3 Å². The average molecular weight is 229 g/mol. The molecule has 0 radical (unpaired) electrons. The molecule has 2 aromatic carbocycles. The summed E-state index contributed by atoms with van der Waals surface area (Å²) in [5.74, 6) is -0.180. The van der Waals surface area contributed by atoms with Crippen molar-refractivity contribution in [1.29, 1.82) is 0 Å². The van der Waals surface area contributed by atoms with Gasteiger partial charge in [0.25, 0.3) is 0 Å². The normalized spacial score (nSPS) is 10.2. The maximum absolute atomic E-state index is 12.7. The average Bonchev–Trinajstić information content (AvgIpc) is 2.34. The Hall–Kier alpha value is -1.83. The molecular formula is C15H16FN. The summed E-state index contributed by atoms with van der Waals surface area (Å²) in [5, 5.41) is 3.38. The third-order valence-electron chi connectivity index (χ3n) is 2.79. The first-order valence-corrected chi connectivity index (χ1v) is 5.79. The van der Waals surface area contributed by atoms with Crippen LogP contribution in [0.2, 0.25) is 0 Å². The molecule has 0 atom stereocenters. The van der Waals surface area contributed by atoms with E-state index in [2.05, 4.69) is 24.4 Å². The van der Waals surface area contributed by atoms with E-state index in [4.69, 9.17) is 0 Å². The minimum atomic E-state index is -0.180. The zero-order valence-electron chi connectivity index (χ0n) is 9.91. The number of anilines is 1. The minimum absolute atomic E-state index is 0.180. The molecule has 88 valence electrons. The maximum atomic E-state index is 12.7. The van der Waals surface area contributed by atoms with Crippen LogP contribution in [0.25, 0.3) is 0 Å². The van der Waals surface area contributed by atoms with Crippen molar-refractivity contribution in [1.82, 2.24) is 0 Å². The number of para-hydroxylation sites is 1. The van der Waals surface area contributed by atoms with Crippen LogP contribution in [-0.2, 0) is 6.42 Å². The Morgan fingerprint density at radius 2 is 1.71 bits per heavy atom. The van der Waals surface area contributed by atoms with E-state index in [0.29, 0.717) is 0 Å². The molecule has 0 saturated carbocycles. The predicted molar refractivity (Wildman–Crippen MR) is 69.8 cm³/mol. The highest BCUT2D eigenvalue weighted by atomic mass is 19.1. The zero-order valence-corrected chi connectivity index (χ0v) is 9.91. The van der Waals surface area contributed by atoms with Crippen molar-refractivity contribution in [2.24, 2.45) is 0 Å². The monoisotopic (exact) mass is 229 g/mol. The first-order chi connectivity index (χ1) is 8.25. The fraction of sp³-hybridized carbons (Fsp3) is 0.200. The maximum Gasteiger partial charge on any atom is 0.123 e. The molecule has 0 bridgehead atoms. The molecule has 0 amide bonds. The van der Waals surface area contributed by atoms with E-state index in [1.54, 1.807) is 0 Å². The Bertz CT molecular complexity index is 477. The van der Waals surface area contributed by atoms with Crippen molar-refractivity contribution in [3.63, 3.8) is 0 Å². The summed E-state index contributed by atoms with van der Waals surface area (Å²) in [6, 6.07) is 14.9. The van der Waals surface area contributed by atoms with Crippen molar-refractivity contribution in [2.75, 3.05) is 11.9 Å². The fourth-order valence-electron chi connectivity index (χ4n) is 1.76. The van der Waals surface area contributed by atoms with Gasteiger partial charge in [-0.3, -0.25) is 0 Å². The number of benzene rings is 2. The van der Waals surface area contributed by atoms with Gasteiger partial charge in [-0.25, -0.2) is 4.39 Å². The molecule has 0 unspecified atom stereocenters. The highest BCUT2D eigenvalue weighted by Gasteiger charge is 1.97. The van der Waals surface area contributed by atoms with Crippen molar-refractivity contribution in [3.05, 3.63) is 65.5 Å². The SMILES string of the molecule is Cc1ccccc1NCCc1ccc(F)cc1. The smallest absolute Gasteiger partial charge is 0.123 e. The summed E-state index contributed by atoms with van der Waals surface area (Å²) in [6.45, 7) is 2.94. The number of rotatable bonds is 4. The second-order valence-electron chi connectivity index (χ2n) is 4.12. The summed E-state index contributed by atoms with van der Waals surface area (Å²) in [6.07, 6.45) is 0.897. The molecule has 0 aliphatic carbocycles. The Kier molecular flexibility index (Phi) is 3.76. The van der Waals surface area contributed by atoms with E-state index in [1.165, 1.54) is 17.7 Å². The Morgan fingerprint density at radius 3 is 2.41 bits per heavy atom. The third kappa shape index (κ3) is 3.31. The van der Waals surface area contributed by atoms with Crippen LogP contribution < -0.4 is 5.32 Å². The lowest BCUT2D eigenvalue weighted by molar-refractivity contribution is 0.627. The van der Waals surface area contributed by atoms with Gasteiger partial charge in [0, 0.05) is 12.2 Å². The van der Waals surface area contributed by atoms with Gasteiger partial charge in [-0.2, -0.15) is 0 Å². The molecule has 2 rings (SSSR count). The van der Waals surface area contributed by atoms with Gasteiger partial charge in [0.2, 0.25) is 0 Å². The molecule has 0 aliphatic rings. The van der Waals surface area contributed by atoms with Crippen molar-refractivity contribution in [3.8, 4) is 0 Å². The quantitative estimate of drug-likeness (QED) is 0.841. The van der Waals surface area contributed by atoms with Crippen LogP contribution in [0.15, 0.2) is 48.5 Å². The second-order valence-corrected chi connectivity index (χ2v) is 4.12. The summed E-state index contributed by atoms with van der Waals surface area (Å²) < 4.78 is 12.7. The zero-order chi connectivity index (χ0) is 12.1. The lowest BCUT2D eigenvalue weighted by Crippen LogP contribution is -2.05. The van der Waals surface area contributed by atoms with E-state index in [9.17, 15) is 4.39 Å². The molecular weight excluding hydrogens is 213 g/mol. The molecule has 17 heavy (non-hydrogen) atoms. The Morgan fingerprint density at radius 1 is 1.00 bits per heavy atom. The van der Waals surface area contributed by atoms with Crippen LogP contribution in [0, 0.1) is 12.7 Å². The van der Waals surface area contributed by atoms with Gasteiger partial charge in [-0.05, 0) is 42.7 Å². The van der Waals surface area contributed by atoms with Crippen molar-refractivity contribution in [2.45, 2.75) is 13.3 Å². The first-order valence-electron chi connectivity index (χ1n) is 5.79. The van der Waals surface area contributed by atoms with Crippen LogP contribution in [0.5, 0.6) is 0 Å². The predicted octanol–water partition coefficient (Wildman–Crippen LogP) is 3.79. The molecule has 1 nitrogen and oxygen atoms in total. The van der Waals surface area contributed by atoms with Crippen LogP contribution >= 0.6 is 0 Å².